The van der Waals surface area contributed by atoms with Gasteiger partial charge in [0.15, 0.2) is 0 Å². The van der Waals surface area contributed by atoms with Crippen LogP contribution in [0, 0.1) is 0 Å². The molecular formula is C36H78N2+2. The normalized spacial score (nSPS) is 12.5. The van der Waals surface area contributed by atoms with Crippen LogP contribution >= 0.6 is 0 Å². The number of hydrogen-bond donors (Lipinski definition) is 0. The van der Waals surface area contributed by atoms with Crippen molar-refractivity contribution < 1.29 is 8.97 Å². The molecule has 0 bridgehead atoms. The van der Waals surface area contributed by atoms with Gasteiger partial charge in [-0.2, -0.15) is 0 Å². The monoisotopic (exact) mass is 539 g/mol. The molecule has 0 radical (unpaired) electrons. The molecule has 38 heavy (non-hydrogen) atoms. The van der Waals surface area contributed by atoms with Crippen LogP contribution in [0.2, 0.25) is 0 Å². The highest BCUT2D eigenvalue weighted by Crippen LogP contribution is 2.15. The SMILES string of the molecule is CCCCCCCCCCCCCCC[N+](C)(C)CC[N+](C)(C)CCCCCCCCCCCCCCC. The van der Waals surface area contributed by atoms with Gasteiger partial charge in [-0.25, -0.2) is 0 Å². The molecule has 0 aliphatic rings. The summed E-state index contributed by atoms with van der Waals surface area (Å²) in [6, 6.07) is 0. The molecule has 2 nitrogen and oxygen atoms in total. The van der Waals surface area contributed by atoms with Crippen LogP contribution in [-0.2, 0) is 0 Å². The van der Waals surface area contributed by atoms with E-state index in [0.717, 1.165) is 0 Å². The molecule has 0 spiro atoms. The van der Waals surface area contributed by atoms with E-state index < -0.39 is 0 Å². The minimum atomic E-state index is 1.21. The van der Waals surface area contributed by atoms with E-state index in [1.165, 1.54) is 202 Å². The van der Waals surface area contributed by atoms with Crippen LogP contribution in [0.1, 0.15) is 181 Å². The van der Waals surface area contributed by atoms with Gasteiger partial charge in [0.1, 0.15) is 13.1 Å². The molecule has 0 saturated carbocycles. The second-order valence-corrected chi connectivity index (χ2v) is 14.3. The average molecular weight is 539 g/mol. The van der Waals surface area contributed by atoms with Crippen molar-refractivity contribution in [3.05, 3.63) is 0 Å². The third-order valence-electron chi connectivity index (χ3n) is 9.04. The highest BCUT2D eigenvalue weighted by atomic mass is 15.4. The fourth-order valence-electron chi connectivity index (χ4n) is 5.88. The lowest BCUT2D eigenvalue weighted by molar-refractivity contribution is -0.946. The number of hydrogen-bond acceptors (Lipinski definition) is 0. The molecule has 0 aromatic rings. The van der Waals surface area contributed by atoms with Crippen LogP contribution in [0.3, 0.4) is 0 Å². The zero-order chi connectivity index (χ0) is 28.2. The molecule has 0 fully saturated rings. The Balaban J connectivity index is 3.55. The summed E-state index contributed by atoms with van der Waals surface area (Å²) in [5, 5.41) is 0. The molecule has 0 rings (SSSR count). The van der Waals surface area contributed by atoms with E-state index >= 15 is 0 Å². The smallest absolute Gasteiger partial charge is 0.128 e. The molecule has 0 aromatic carbocycles. The van der Waals surface area contributed by atoms with Crippen molar-refractivity contribution in [1.29, 1.82) is 0 Å². The Morgan fingerprint density at radius 3 is 0.632 bits per heavy atom. The fourth-order valence-corrected chi connectivity index (χ4v) is 5.88. The lowest BCUT2D eigenvalue weighted by Gasteiger charge is -2.36. The van der Waals surface area contributed by atoms with Crippen molar-refractivity contribution in [2.45, 2.75) is 181 Å². The summed E-state index contributed by atoms with van der Waals surface area (Å²) >= 11 is 0. The maximum Gasteiger partial charge on any atom is 0.128 e. The lowest BCUT2D eigenvalue weighted by Crippen LogP contribution is -2.51. The number of likely N-dealkylation sites (N-methyl/N-ethyl adjacent to an activating group) is 2. The Morgan fingerprint density at radius 2 is 0.421 bits per heavy atom. The van der Waals surface area contributed by atoms with E-state index in [2.05, 4.69) is 42.0 Å². The van der Waals surface area contributed by atoms with Gasteiger partial charge in [-0.3, -0.25) is 0 Å². The first-order valence-corrected chi connectivity index (χ1v) is 18.0. The molecule has 0 amide bonds. The Labute approximate surface area is 243 Å². The molecule has 0 unspecified atom stereocenters. The van der Waals surface area contributed by atoms with Gasteiger partial charge in [0.2, 0.25) is 0 Å². The van der Waals surface area contributed by atoms with Gasteiger partial charge in [-0.05, 0) is 25.7 Å². The molecule has 0 heterocycles. The number of nitrogens with zero attached hydrogens (tertiary/aromatic N) is 2. The Bertz CT molecular complexity index is 414. The van der Waals surface area contributed by atoms with Crippen LogP contribution < -0.4 is 0 Å². The molecular weight excluding hydrogens is 460 g/mol. The van der Waals surface area contributed by atoms with Gasteiger partial charge in [0.05, 0.1) is 41.3 Å². The standard InChI is InChI=1S/C36H78N2/c1-7-9-11-13-15-17-19-21-23-25-27-29-31-33-37(3,4)35-36-38(5,6)34-32-30-28-26-24-22-20-18-16-14-12-10-8-2/h7-36H2,1-6H3/q+2. The Kier molecular flexibility index (Phi) is 27.1. The quantitative estimate of drug-likeness (QED) is 0.0608. The maximum absolute atomic E-state index is 2.46. The molecule has 0 aromatic heterocycles. The minimum Gasteiger partial charge on any atom is -0.324 e. The Hall–Kier alpha value is -0.0800. The molecule has 0 aliphatic carbocycles. The first-order chi connectivity index (χ1) is 18.3. The van der Waals surface area contributed by atoms with E-state index in [0.29, 0.717) is 0 Å². The summed E-state index contributed by atoms with van der Waals surface area (Å²) in [5.41, 5.74) is 0. The summed E-state index contributed by atoms with van der Waals surface area (Å²) in [4.78, 5) is 0. The molecule has 0 saturated heterocycles. The van der Waals surface area contributed by atoms with Gasteiger partial charge in [0.25, 0.3) is 0 Å². The predicted molar refractivity (Wildman–Crippen MR) is 175 cm³/mol. The largest absolute Gasteiger partial charge is 0.324 e. The van der Waals surface area contributed by atoms with Crippen molar-refractivity contribution in [1.82, 2.24) is 0 Å². The molecule has 0 aliphatic heterocycles. The summed E-state index contributed by atoms with van der Waals surface area (Å²) in [7, 11) is 9.86. The van der Waals surface area contributed by atoms with Gasteiger partial charge in [0, 0.05) is 0 Å². The van der Waals surface area contributed by atoms with Crippen LogP contribution in [0.4, 0.5) is 0 Å². The number of unbranched alkanes of at least 4 members (excludes halogenated alkanes) is 24. The van der Waals surface area contributed by atoms with Gasteiger partial charge in [-0.1, -0.05) is 155 Å². The van der Waals surface area contributed by atoms with Gasteiger partial charge < -0.3 is 8.97 Å². The van der Waals surface area contributed by atoms with Crippen molar-refractivity contribution in [2.75, 3.05) is 54.4 Å². The van der Waals surface area contributed by atoms with Crippen molar-refractivity contribution in [3.8, 4) is 0 Å². The zero-order valence-corrected chi connectivity index (χ0v) is 28.1. The molecule has 2 heteroatoms. The third-order valence-corrected chi connectivity index (χ3v) is 9.04. The second kappa shape index (κ2) is 27.1. The molecule has 230 valence electrons. The highest BCUT2D eigenvalue weighted by molar-refractivity contribution is 4.51. The predicted octanol–water partition coefficient (Wildman–Crippen LogP) is 11.3. The first kappa shape index (κ1) is 37.9. The minimum absolute atomic E-state index is 1.21. The first-order valence-electron chi connectivity index (χ1n) is 18.0. The second-order valence-electron chi connectivity index (χ2n) is 14.3. The third kappa shape index (κ3) is 28.9. The van der Waals surface area contributed by atoms with Crippen molar-refractivity contribution in [3.63, 3.8) is 0 Å². The van der Waals surface area contributed by atoms with Crippen LogP contribution in [-0.4, -0.2) is 63.3 Å². The van der Waals surface area contributed by atoms with Gasteiger partial charge in [-0.15, -0.1) is 0 Å². The zero-order valence-electron chi connectivity index (χ0n) is 28.1. The fraction of sp³-hybridized carbons (Fsp3) is 1.00. The van der Waals surface area contributed by atoms with Gasteiger partial charge >= 0.3 is 0 Å². The van der Waals surface area contributed by atoms with Crippen molar-refractivity contribution >= 4 is 0 Å². The summed E-state index contributed by atoms with van der Waals surface area (Å²) in [6.45, 7) is 9.98. The Morgan fingerprint density at radius 1 is 0.237 bits per heavy atom. The lowest BCUT2D eigenvalue weighted by atomic mass is 10.0. The maximum atomic E-state index is 2.46. The highest BCUT2D eigenvalue weighted by Gasteiger charge is 2.22. The van der Waals surface area contributed by atoms with E-state index in [-0.39, 0.29) is 0 Å². The van der Waals surface area contributed by atoms with E-state index in [1.54, 1.807) is 0 Å². The topological polar surface area (TPSA) is 0 Å². The summed E-state index contributed by atoms with van der Waals surface area (Å²) in [6.07, 6.45) is 37.8. The van der Waals surface area contributed by atoms with E-state index in [9.17, 15) is 0 Å². The van der Waals surface area contributed by atoms with E-state index in [4.69, 9.17) is 0 Å². The van der Waals surface area contributed by atoms with Crippen LogP contribution in [0.25, 0.3) is 0 Å². The van der Waals surface area contributed by atoms with Crippen molar-refractivity contribution in [2.24, 2.45) is 0 Å². The van der Waals surface area contributed by atoms with E-state index in [1.807, 2.05) is 0 Å². The summed E-state index contributed by atoms with van der Waals surface area (Å²) < 4.78 is 2.41. The average Bonchev–Trinajstić information content (AvgIpc) is 2.88. The number of quaternary nitrogens is 2. The summed E-state index contributed by atoms with van der Waals surface area (Å²) in [5.74, 6) is 0. The van der Waals surface area contributed by atoms with Crippen LogP contribution in [0.5, 0.6) is 0 Å². The van der Waals surface area contributed by atoms with Crippen LogP contribution in [0.15, 0.2) is 0 Å². The molecule has 0 atom stereocenters. The number of rotatable bonds is 31. The molecule has 0 N–H and O–H groups in total.